The lowest BCUT2D eigenvalue weighted by Gasteiger charge is -2.07. The Bertz CT molecular complexity index is 510. The maximum atomic E-state index is 11.4. The molecule has 0 unspecified atom stereocenters. The number of nitrogens with zero attached hydrogens (tertiary/aromatic N) is 3. The molecule has 0 amide bonds. The van der Waals surface area contributed by atoms with Crippen molar-refractivity contribution in [3.8, 4) is 5.75 Å². The third-order valence-electron chi connectivity index (χ3n) is 2.32. The Balaban J connectivity index is 1.91. The van der Waals surface area contributed by atoms with Gasteiger partial charge in [-0.2, -0.15) is 5.10 Å². The topological polar surface area (TPSA) is 66.2 Å². The zero-order valence-corrected chi connectivity index (χ0v) is 9.94. The number of hydrogen-bond donors (Lipinski definition) is 0. The highest BCUT2D eigenvalue weighted by atomic mass is 16.5. The lowest BCUT2D eigenvalue weighted by Crippen LogP contribution is -2.16. The normalized spacial score (nSPS) is 10.1. The van der Waals surface area contributed by atoms with Crippen molar-refractivity contribution >= 4 is 5.97 Å². The molecule has 0 radical (unpaired) electrons. The highest BCUT2D eigenvalue weighted by Gasteiger charge is 2.11. The number of pyridine rings is 1. The lowest BCUT2D eigenvalue weighted by molar-refractivity contribution is 0.0585. The fourth-order valence-corrected chi connectivity index (χ4v) is 1.47. The Morgan fingerprint density at radius 2 is 2.28 bits per heavy atom. The number of rotatable bonds is 5. The molecular formula is C12H13N3O3. The van der Waals surface area contributed by atoms with E-state index in [-0.39, 0.29) is 0 Å². The summed E-state index contributed by atoms with van der Waals surface area (Å²) in [6.07, 6.45) is 4.86. The van der Waals surface area contributed by atoms with Crippen LogP contribution in [0.5, 0.6) is 5.75 Å². The quantitative estimate of drug-likeness (QED) is 0.741. The minimum absolute atomic E-state index is 0.400. The van der Waals surface area contributed by atoms with Crippen LogP contribution in [0.4, 0.5) is 0 Å². The first-order valence-corrected chi connectivity index (χ1v) is 5.44. The van der Waals surface area contributed by atoms with Crippen LogP contribution in [-0.4, -0.2) is 34.5 Å². The van der Waals surface area contributed by atoms with Crippen LogP contribution in [0.25, 0.3) is 0 Å². The summed E-state index contributed by atoms with van der Waals surface area (Å²) in [7, 11) is 1.34. The molecule has 0 aliphatic heterocycles. The van der Waals surface area contributed by atoms with Crippen molar-refractivity contribution in [3.05, 3.63) is 42.5 Å². The van der Waals surface area contributed by atoms with Gasteiger partial charge in [-0.05, 0) is 18.2 Å². The fourth-order valence-electron chi connectivity index (χ4n) is 1.47. The predicted molar refractivity (Wildman–Crippen MR) is 63.3 cm³/mol. The zero-order chi connectivity index (χ0) is 12.8. The van der Waals surface area contributed by atoms with E-state index >= 15 is 0 Å². The van der Waals surface area contributed by atoms with Gasteiger partial charge in [0.25, 0.3) is 0 Å². The van der Waals surface area contributed by atoms with Gasteiger partial charge in [0.1, 0.15) is 18.1 Å². The molecule has 0 aliphatic rings. The van der Waals surface area contributed by atoms with E-state index in [1.165, 1.54) is 7.11 Å². The Morgan fingerprint density at radius 3 is 3.00 bits per heavy atom. The Kier molecular flexibility index (Phi) is 3.90. The second-order valence-electron chi connectivity index (χ2n) is 3.47. The molecule has 0 spiro atoms. The van der Waals surface area contributed by atoms with E-state index in [0.29, 0.717) is 24.6 Å². The van der Waals surface area contributed by atoms with Crippen LogP contribution >= 0.6 is 0 Å². The smallest absolute Gasteiger partial charge is 0.356 e. The van der Waals surface area contributed by atoms with E-state index in [1.54, 1.807) is 35.4 Å². The maximum absolute atomic E-state index is 11.4. The fraction of sp³-hybridized carbons (Fsp3) is 0.250. The van der Waals surface area contributed by atoms with Crippen molar-refractivity contribution < 1.29 is 14.3 Å². The van der Waals surface area contributed by atoms with Crippen molar-refractivity contribution in [3.63, 3.8) is 0 Å². The maximum Gasteiger partial charge on any atom is 0.356 e. The molecule has 2 heterocycles. The number of carbonyl (C=O) groups excluding carboxylic acids is 1. The summed E-state index contributed by atoms with van der Waals surface area (Å²) < 4.78 is 11.7. The van der Waals surface area contributed by atoms with E-state index in [2.05, 4.69) is 14.8 Å². The number of methoxy groups -OCH3 is 1. The van der Waals surface area contributed by atoms with Gasteiger partial charge in [0.05, 0.1) is 19.9 Å². The minimum atomic E-state index is -0.408. The summed E-state index contributed by atoms with van der Waals surface area (Å²) in [5.74, 6) is 0.276. The van der Waals surface area contributed by atoms with Crippen LogP contribution in [0.1, 0.15) is 10.5 Å². The predicted octanol–water partition coefficient (Wildman–Crippen LogP) is 1.14. The van der Waals surface area contributed by atoms with Crippen LogP contribution < -0.4 is 4.74 Å². The number of ether oxygens (including phenoxy) is 2. The number of hydrogen-bond acceptors (Lipinski definition) is 5. The van der Waals surface area contributed by atoms with Crippen LogP contribution in [0.15, 0.2) is 36.8 Å². The molecule has 6 nitrogen and oxygen atoms in total. The molecule has 18 heavy (non-hydrogen) atoms. The largest absolute Gasteiger partial charge is 0.490 e. The average Bonchev–Trinajstić information content (AvgIpc) is 2.87. The van der Waals surface area contributed by atoms with E-state index < -0.39 is 5.97 Å². The van der Waals surface area contributed by atoms with Crippen LogP contribution in [0.2, 0.25) is 0 Å². The molecule has 2 aromatic rings. The lowest BCUT2D eigenvalue weighted by atomic mass is 10.4. The average molecular weight is 247 g/mol. The molecule has 0 bridgehead atoms. The van der Waals surface area contributed by atoms with Gasteiger partial charge in [-0.25, -0.2) is 4.79 Å². The van der Waals surface area contributed by atoms with Crippen molar-refractivity contribution in [2.75, 3.05) is 13.7 Å². The molecule has 0 fully saturated rings. The molecule has 94 valence electrons. The van der Waals surface area contributed by atoms with E-state index in [9.17, 15) is 4.79 Å². The first-order chi connectivity index (χ1) is 8.81. The third kappa shape index (κ3) is 2.85. The summed E-state index contributed by atoms with van der Waals surface area (Å²) in [4.78, 5) is 15.3. The van der Waals surface area contributed by atoms with Gasteiger partial charge < -0.3 is 9.47 Å². The summed E-state index contributed by atoms with van der Waals surface area (Å²) in [6.45, 7) is 0.865. The molecule has 0 saturated carbocycles. The minimum Gasteiger partial charge on any atom is -0.490 e. The summed E-state index contributed by atoms with van der Waals surface area (Å²) in [5.41, 5.74) is 0.410. The van der Waals surface area contributed by atoms with Crippen LogP contribution in [0.3, 0.4) is 0 Å². The van der Waals surface area contributed by atoms with Crippen molar-refractivity contribution in [2.45, 2.75) is 6.54 Å². The molecule has 0 aliphatic carbocycles. The van der Waals surface area contributed by atoms with E-state index in [4.69, 9.17) is 4.74 Å². The highest BCUT2D eigenvalue weighted by Crippen LogP contribution is 2.06. The number of esters is 1. The first kappa shape index (κ1) is 12.1. The van der Waals surface area contributed by atoms with Gasteiger partial charge >= 0.3 is 5.97 Å². The standard InChI is InChI=1S/C12H13N3O3/c1-17-12(16)11-4-6-14-15(11)7-8-18-10-3-2-5-13-9-10/h2-6,9H,7-8H2,1H3. The van der Waals surface area contributed by atoms with Gasteiger partial charge in [0, 0.05) is 12.4 Å². The van der Waals surface area contributed by atoms with Crippen LogP contribution in [0, 0.1) is 0 Å². The zero-order valence-electron chi connectivity index (χ0n) is 9.94. The summed E-state index contributed by atoms with van der Waals surface area (Å²) in [6, 6.07) is 5.22. The van der Waals surface area contributed by atoms with E-state index in [0.717, 1.165) is 0 Å². The molecule has 6 heteroatoms. The monoisotopic (exact) mass is 247 g/mol. The van der Waals surface area contributed by atoms with Gasteiger partial charge in [0.2, 0.25) is 0 Å². The Morgan fingerprint density at radius 1 is 1.39 bits per heavy atom. The first-order valence-electron chi connectivity index (χ1n) is 5.44. The second kappa shape index (κ2) is 5.81. The summed E-state index contributed by atoms with van der Waals surface area (Å²) >= 11 is 0. The molecule has 0 saturated heterocycles. The number of aromatic nitrogens is 3. The SMILES string of the molecule is COC(=O)c1ccnn1CCOc1cccnc1. The third-order valence-corrected chi connectivity index (χ3v) is 2.32. The molecule has 0 atom stereocenters. The Hall–Kier alpha value is -2.37. The van der Waals surface area contributed by atoms with Crippen molar-refractivity contribution in [1.29, 1.82) is 0 Å². The van der Waals surface area contributed by atoms with Gasteiger partial charge in [-0.1, -0.05) is 0 Å². The summed E-state index contributed by atoms with van der Waals surface area (Å²) in [5, 5.41) is 4.04. The Labute approximate surface area is 104 Å². The van der Waals surface area contributed by atoms with Gasteiger partial charge in [-0.3, -0.25) is 9.67 Å². The van der Waals surface area contributed by atoms with Crippen molar-refractivity contribution in [2.24, 2.45) is 0 Å². The van der Waals surface area contributed by atoms with Gasteiger partial charge in [0.15, 0.2) is 0 Å². The molecule has 0 N–H and O–H groups in total. The molecule has 0 aromatic carbocycles. The van der Waals surface area contributed by atoms with Gasteiger partial charge in [-0.15, -0.1) is 0 Å². The highest BCUT2D eigenvalue weighted by molar-refractivity contribution is 5.87. The molecule has 2 rings (SSSR count). The van der Waals surface area contributed by atoms with Crippen LogP contribution in [-0.2, 0) is 11.3 Å². The second-order valence-corrected chi connectivity index (χ2v) is 3.47. The molecule has 2 aromatic heterocycles. The van der Waals surface area contributed by atoms with Crippen molar-refractivity contribution in [1.82, 2.24) is 14.8 Å². The molecular weight excluding hydrogens is 234 g/mol. The number of carbonyl (C=O) groups is 1. The van der Waals surface area contributed by atoms with E-state index in [1.807, 2.05) is 6.07 Å².